The summed E-state index contributed by atoms with van der Waals surface area (Å²) in [5.74, 6) is 0.832. The van der Waals surface area contributed by atoms with Crippen LogP contribution < -0.4 is 10.5 Å². The summed E-state index contributed by atoms with van der Waals surface area (Å²) in [6.07, 6.45) is 6.10. The first-order valence-corrected chi connectivity index (χ1v) is 9.39. The lowest BCUT2D eigenvalue weighted by Crippen LogP contribution is -2.40. The average Bonchev–Trinajstić information content (AvgIpc) is 2.66. The van der Waals surface area contributed by atoms with Crippen molar-refractivity contribution in [2.24, 2.45) is 11.1 Å². The van der Waals surface area contributed by atoms with Gasteiger partial charge < -0.3 is 25.8 Å². The van der Waals surface area contributed by atoms with E-state index in [2.05, 4.69) is 26.0 Å². The van der Waals surface area contributed by atoms with Gasteiger partial charge in [-0.3, -0.25) is 0 Å². The first-order valence-electron chi connectivity index (χ1n) is 9.39. The molecule has 0 atom stereocenters. The Labute approximate surface area is 151 Å². The molecule has 0 fully saturated rings. The second-order valence-corrected chi connectivity index (χ2v) is 6.92. The zero-order chi connectivity index (χ0) is 18.7. The predicted molar refractivity (Wildman–Crippen MR) is 101 cm³/mol. The number of aryl methyl sites for hydroxylation is 2. The first kappa shape index (κ1) is 21.9. The number of hydrogen-bond acceptors (Lipinski definition) is 5. The Morgan fingerprint density at radius 3 is 1.76 bits per heavy atom. The van der Waals surface area contributed by atoms with Crippen LogP contribution in [-0.2, 0) is 19.4 Å². The summed E-state index contributed by atoms with van der Waals surface area (Å²) in [4.78, 5) is 0. The van der Waals surface area contributed by atoms with E-state index in [1.165, 1.54) is 0 Å². The van der Waals surface area contributed by atoms with Crippen LogP contribution in [0.5, 0.6) is 5.75 Å². The van der Waals surface area contributed by atoms with Crippen molar-refractivity contribution in [3.8, 4) is 5.75 Å². The van der Waals surface area contributed by atoms with E-state index in [1.807, 2.05) is 0 Å². The zero-order valence-corrected chi connectivity index (χ0v) is 15.8. The number of ether oxygens (including phenoxy) is 1. The van der Waals surface area contributed by atoms with Crippen LogP contribution in [-0.4, -0.2) is 41.7 Å². The van der Waals surface area contributed by atoms with Crippen molar-refractivity contribution in [3.05, 3.63) is 28.8 Å². The molecule has 0 saturated carbocycles. The Bertz CT molecular complexity index is 463. The second-order valence-electron chi connectivity index (χ2n) is 6.92. The van der Waals surface area contributed by atoms with Gasteiger partial charge in [-0.15, -0.1) is 0 Å². The molecule has 25 heavy (non-hydrogen) atoms. The molecule has 0 heterocycles. The standard InChI is InChI=1S/C20H35NO4/c1-3-5-7-17-9-16(11-21)10-18(8-6-4-2)19(17)25-15-20(12-22,13-23)14-24/h9-10,22-24H,3-8,11-15,21H2,1-2H3. The minimum Gasteiger partial charge on any atom is -0.492 e. The molecule has 0 aliphatic carbocycles. The molecule has 0 radical (unpaired) electrons. The highest BCUT2D eigenvalue weighted by atomic mass is 16.5. The maximum absolute atomic E-state index is 9.54. The SMILES string of the molecule is CCCCc1cc(CN)cc(CCCC)c1OCC(CO)(CO)CO. The molecule has 1 aromatic carbocycles. The predicted octanol–water partition coefficient (Wildman–Crippen LogP) is 2.17. The molecule has 1 rings (SSSR count). The minimum absolute atomic E-state index is 0.0801. The van der Waals surface area contributed by atoms with Crippen molar-refractivity contribution in [2.45, 2.75) is 58.9 Å². The van der Waals surface area contributed by atoms with Crippen molar-refractivity contribution < 1.29 is 20.1 Å². The Kier molecular flexibility index (Phi) is 10.0. The Morgan fingerprint density at radius 2 is 1.40 bits per heavy atom. The van der Waals surface area contributed by atoms with Gasteiger partial charge in [-0.05, 0) is 42.4 Å². The van der Waals surface area contributed by atoms with E-state index >= 15 is 0 Å². The number of aliphatic hydroxyl groups excluding tert-OH is 3. The second kappa shape index (κ2) is 11.5. The van der Waals surface area contributed by atoms with Gasteiger partial charge >= 0.3 is 0 Å². The van der Waals surface area contributed by atoms with E-state index in [-0.39, 0.29) is 26.4 Å². The molecule has 0 amide bonds. The number of aliphatic hydroxyl groups is 3. The number of hydrogen-bond donors (Lipinski definition) is 4. The molecule has 0 aliphatic rings. The van der Waals surface area contributed by atoms with E-state index in [0.29, 0.717) is 6.54 Å². The van der Waals surface area contributed by atoms with Crippen molar-refractivity contribution >= 4 is 0 Å². The molecule has 144 valence electrons. The Hall–Kier alpha value is -1.14. The van der Waals surface area contributed by atoms with Gasteiger partial charge in [0.05, 0.1) is 25.2 Å². The topological polar surface area (TPSA) is 95.9 Å². The lowest BCUT2D eigenvalue weighted by molar-refractivity contribution is -0.0262. The largest absolute Gasteiger partial charge is 0.492 e. The van der Waals surface area contributed by atoms with E-state index in [0.717, 1.165) is 61.0 Å². The van der Waals surface area contributed by atoms with E-state index in [1.54, 1.807) is 0 Å². The maximum Gasteiger partial charge on any atom is 0.125 e. The Morgan fingerprint density at radius 1 is 0.920 bits per heavy atom. The van der Waals surface area contributed by atoms with Gasteiger partial charge in [0.2, 0.25) is 0 Å². The highest BCUT2D eigenvalue weighted by Crippen LogP contribution is 2.31. The van der Waals surface area contributed by atoms with E-state index in [4.69, 9.17) is 10.5 Å². The minimum atomic E-state index is -1.03. The highest BCUT2D eigenvalue weighted by Gasteiger charge is 2.30. The van der Waals surface area contributed by atoms with Crippen LogP contribution in [0.1, 0.15) is 56.2 Å². The van der Waals surface area contributed by atoms with Gasteiger partial charge in [-0.25, -0.2) is 0 Å². The van der Waals surface area contributed by atoms with Gasteiger partial charge in [0.1, 0.15) is 12.4 Å². The Balaban J connectivity index is 3.17. The lowest BCUT2D eigenvalue weighted by atomic mass is 9.92. The fourth-order valence-corrected chi connectivity index (χ4v) is 2.75. The molecule has 1 aromatic rings. The summed E-state index contributed by atoms with van der Waals surface area (Å²) >= 11 is 0. The summed E-state index contributed by atoms with van der Waals surface area (Å²) in [6, 6.07) is 4.19. The highest BCUT2D eigenvalue weighted by molar-refractivity contribution is 5.45. The zero-order valence-electron chi connectivity index (χ0n) is 15.8. The van der Waals surface area contributed by atoms with Gasteiger partial charge in [0.15, 0.2) is 0 Å². The van der Waals surface area contributed by atoms with Crippen LogP contribution in [0.4, 0.5) is 0 Å². The smallest absolute Gasteiger partial charge is 0.125 e. The fraction of sp³-hybridized carbons (Fsp3) is 0.700. The van der Waals surface area contributed by atoms with Crippen LogP contribution in [0.2, 0.25) is 0 Å². The van der Waals surface area contributed by atoms with Crippen LogP contribution >= 0.6 is 0 Å². The monoisotopic (exact) mass is 353 g/mol. The van der Waals surface area contributed by atoms with Crippen LogP contribution in [0.3, 0.4) is 0 Å². The van der Waals surface area contributed by atoms with Crippen LogP contribution in [0, 0.1) is 5.41 Å². The number of nitrogens with two attached hydrogens (primary N) is 1. The molecular formula is C20H35NO4. The fourth-order valence-electron chi connectivity index (χ4n) is 2.75. The molecule has 0 spiro atoms. The molecule has 0 bridgehead atoms. The third-order valence-electron chi connectivity index (χ3n) is 4.67. The quantitative estimate of drug-likeness (QED) is 0.436. The van der Waals surface area contributed by atoms with Gasteiger partial charge in [-0.1, -0.05) is 38.8 Å². The summed E-state index contributed by atoms with van der Waals surface area (Å²) in [6.45, 7) is 3.91. The molecule has 0 saturated heterocycles. The van der Waals surface area contributed by atoms with Gasteiger partial charge in [0, 0.05) is 6.54 Å². The molecule has 5 heteroatoms. The normalized spacial score (nSPS) is 11.8. The van der Waals surface area contributed by atoms with Crippen molar-refractivity contribution in [3.63, 3.8) is 0 Å². The van der Waals surface area contributed by atoms with E-state index in [9.17, 15) is 15.3 Å². The third-order valence-corrected chi connectivity index (χ3v) is 4.67. The third kappa shape index (κ3) is 6.26. The van der Waals surface area contributed by atoms with Crippen molar-refractivity contribution in [2.75, 3.05) is 26.4 Å². The summed E-state index contributed by atoms with van der Waals surface area (Å²) in [7, 11) is 0. The molecular weight excluding hydrogens is 318 g/mol. The maximum atomic E-state index is 9.54. The van der Waals surface area contributed by atoms with Crippen molar-refractivity contribution in [1.29, 1.82) is 0 Å². The van der Waals surface area contributed by atoms with Gasteiger partial charge in [-0.2, -0.15) is 0 Å². The molecule has 0 unspecified atom stereocenters. The molecule has 0 aromatic heterocycles. The summed E-state index contributed by atoms with van der Waals surface area (Å²) in [5.41, 5.74) is 8.18. The van der Waals surface area contributed by atoms with Gasteiger partial charge in [0.25, 0.3) is 0 Å². The number of rotatable bonds is 13. The molecule has 0 aliphatic heterocycles. The average molecular weight is 354 g/mol. The van der Waals surface area contributed by atoms with Crippen LogP contribution in [0.25, 0.3) is 0 Å². The van der Waals surface area contributed by atoms with Crippen LogP contribution in [0.15, 0.2) is 12.1 Å². The first-order chi connectivity index (χ1) is 12.1. The summed E-state index contributed by atoms with van der Waals surface area (Å²) in [5, 5.41) is 28.6. The number of unbranched alkanes of at least 4 members (excludes halogenated alkanes) is 2. The molecule has 5 nitrogen and oxygen atoms in total. The summed E-state index contributed by atoms with van der Waals surface area (Å²) < 4.78 is 6.08. The number of benzene rings is 1. The molecule has 5 N–H and O–H groups in total. The van der Waals surface area contributed by atoms with E-state index < -0.39 is 5.41 Å². The van der Waals surface area contributed by atoms with Crippen molar-refractivity contribution in [1.82, 2.24) is 0 Å². The lowest BCUT2D eigenvalue weighted by Gasteiger charge is -2.28.